The van der Waals surface area contributed by atoms with Gasteiger partial charge in [0.15, 0.2) is 0 Å². The SMILES string of the molecule is CC(=O)C[C@@H](N)C(C)C. The molecule has 0 bridgehead atoms. The molecular formula is C7H15NO. The minimum absolute atomic E-state index is 0.0440. The van der Waals surface area contributed by atoms with Crippen molar-refractivity contribution >= 4 is 5.78 Å². The van der Waals surface area contributed by atoms with Gasteiger partial charge in [-0.15, -0.1) is 0 Å². The standard InChI is InChI=1S/C7H15NO/c1-5(2)7(8)4-6(3)9/h5,7H,4,8H2,1-3H3/t7-/m1/s1. The number of carbonyl (C=O) groups excluding carboxylic acids is 1. The molecule has 1 atom stereocenters. The van der Waals surface area contributed by atoms with Crippen LogP contribution in [-0.2, 0) is 4.79 Å². The number of nitrogens with two attached hydrogens (primary N) is 1. The lowest BCUT2D eigenvalue weighted by Crippen LogP contribution is -2.28. The van der Waals surface area contributed by atoms with E-state index in [-0.39, 0.29) is 11.8 Å². The minimum atomic E-state index is 0.0440. The fourth-order valence-electron chi connectivity index (χ4n) is 0.568. The number of rotatable bonds is 3. The molecule has 2 nitrogen and oxygen atoms in total. The van der Waals surface area contributed by atoms with Crippen molar-refractivity contribution in [3.05, 3.63) is 0 Å². The van der Waals surface area contributed by atoms with Crippen molar-refractivity contribution in [2.24, 2.45) is 11.7 Å². The largest absolute Gasteiger partial charge is 0.327 e. The fraction of sp³-hybridized carbons (Fsp3) is 0.857. The van der Waals surface area contributed by atoms with Gasteiger partial charge in [0.2, 0.25) is 0 Å². The predicted octanol–water partition coefficient (Wildman–Crippen LogP) is 0.949. The van der Waals surface area contributed by atoms with E-state index in [0.717, 1.165) is 0 Å². The molecule has 0 heterocycles. The highest BCUT2D eigenvalue weighted by molar-refractivity contribution is 5.76. The van der Waals surface area contributed by atoms with Gasteiger partial charge in [0.25, 0.3) is 0 Å². The molecule has 2 N–H and O–H groups in total. The summed E-state index contributed by atoms with van der Waals surface area (Å²) in [4.78, 5) is 10.5. The van der Waals surface area contributed by atoms with Crippen LogP contribution in [0.25, 0.3) is 0 Å². The Morgan fingerprint density at radius 3 is 2.11 bits per heavy atom. The Morgan fingerprint density at radius 2 is 2.00 bits per heavy atom. The molecule has 0 saturated carbocycles. The Balaban J connectivity index is 3.50. The van der Waals surface area contributed by atoms with E-state index in [4.69, 9.17) is 5.73 Å². The smallest absolute Gasteiger partial charge is 0.131 e. The van der Waals surface area contributed by atoms with Crippen molar-refractivity contribution in [1.82, 2.24) is 0 Å². The lowest BCUT2D eigenvalue weighted by atomic mass is 10.0. The average Bonchev–Trinajstić information content (AvgIpc) is 1.63. The van der Waals surface area contributed by atoms with E-state index in [1.54, 1.807) is 6.92 Å². The van der Waals surface area contributed by atoms with Gasteiger partial charge in [-0.2, -0.15) is 0 Å². The van der Waals surface area contributed by atoms with Crippen LogP contribution in [0.15, 0.2) is 0 Å². The van der Waals surface area contributed by atoms with Crippen LogP contribution in [0, 0.1) is 5.92 Å². The molecule has 0 radical (unpaired) electrons. The number of ketones is 1. The molecule has 0 aliphatic carbocycles. The molecule has 0 fully saturated rings. The first kappa shape index (κ1) is 8.63. The van der Waals surface area contributed by atoms with E-state index >= 15 is 0 Å². The Labute approximate surface area is 56.4 Å². The highest BCUT2D eigenvalue weighted by Crippen LogP contribution is 2.02. The molecule has 0 aliphatic rings. The third kappa shape index (κ3) is 4.15. The third-order valence-electron chi connectivity index (χ3n) is 1.38. The summed E-state index contributed by atoms with van der Waals surface area (Å²) in [5.74, 6) is 0.588. The Bertz CT molecular complexity index is 99.1. The second-order valence-corrected chi connectivity index (χ2v) is 2.81. The summed E-state index contributed by atoms with van der Waals surface area (Å²) in [6.45, 7) is 5.61. The molecule has 0 aliphatic heterocycles. The van der Waals surface area contributed by atoms with E-state index in [0.29, 0.717) is 12.3 Å². The van der Waals surface area contributed by atoms with Gasteiger partial charge >= 0.3 is 0 Å². The maximum atomic E-state index is 10.5. The predicted molar refractivity (Wildman–Crippen MR) is 38.1 cm³/mol. The Morgan fingerprint density at radius 1 is 1.56 bits per heavy atom. The van der Waals surface area contributed by atoms with Crippen molar-refractivity contribution in [1.29, 1.82) is 0 Å². The first-order valence-corrected chi connectivity index (χ1v) is 3.29. The summed E-state index contributed by atoms with van der Waals surface area (Å²) in [5, 5.41) is 0. The molecular weight excluding hydrogens is 114 g/mol. The van der Waals surface area contributed by atoms with Crippen molar-refractivity contribution in [2.75, 3.05) is 0 Å². The molecule has 0 spiro atoms. The topological polar surface area (TPSA) is 43.1 Å². The number of hydrogen-bond acceptors (Lipinski definition) is 2. The molecule has 9 heavy (non-hydrogen) atoms. The van der Waals surface area contributed by atoms with Gasteiger partial charge in [0.1, 0.15) is 5.78 Å². The van der Waals surface area contributed by atoms with Crippen LogP contribution >= 0.6 is 0 Å². The molecule has 0 saturated heterocycles. The molecule has 0 unspecified atom stereocenters. The van der Waals surface area contributed by atoms with E-state index < -0.39 is 0 Å². The maximum Gasteiger partial charge on any atom is 0.131 e. The van der Waals surface area contributed by atoms with Crippen molar-refractivity contribution < 1.29 is 4.79 Å². The number of carbonyl (C=O) groups is 1. The second-order valence-electron chi connectivity index (χ2n) is 2.81. The third-order valence-corrected chi connectivity index (χ3v) is 1.38. The van der Waals surface area contributed by atoms with E-state index in [1.165, 1.54) is 0 Å². The first-order valence-electron chi connectivity index (χ1n) is 3.29. The molecule has 0 rings (SSSR count). The summed E-state index contributed by atoms with van der Waals surface area (Å²) in [5.41, 5.74) is 5.60. The van der Waals surface area contributed by atoms with Gasteiger partial charge in [0.05, 0.1) is 0 Å². The number of hydrogen-bond donors (Lipinski definition) is 1. The van der Waals surface area contributed by atoms with Crippen molar-refractivity contribution in [3.8, 4) is 0 Å². The summed E-state index contributed by atoms with van der Waals surface area (Å²) < 4.78 is 0. The molecule has 0 amide bonds. The van der Waals surface area contributed by atoms with Crippen LogP contribution in [0.2, 0.25) is 0 Å². The second kappa shape index (κ2) is 3.62. The summed E-state index contributed by atoms with van der Waals surface area (Å²) >= 11 is 0. The summed E-state index contributed by atoms with van der Waals surface area (Å²) in [6.07, 6.45) is 0.512. The highest BCUT2D eigenvalue weighted by Gasteiger charge is 2.08. The van der Waals surface area contributed by atoms with E-state index in [2.05, 4.69) is 0 Å². The van der Waals surface area contributed by atoms with Crippen molar-refractivity contribution in [2.45, 2.75) is 33.2 Å². The van der Waals surface area contributed by atoms with Crippen LogP contribution in [0.3, 0.4) is 0 Å². The van der Waals surface area contributed by atoms with Gasteiger partial charge in [0, 0.05) is 12.5 Å². The zero-order valence-electron chi connectivity index (χ0n) is 6.35. The van der Waals surface area contributed by atoms with Crippen LogP contribution in [-0.4, -0.2) is 11.8 Å². The molecule has 0 aromatic heterocycles. The Hall–Kier alpha value is -0.370. The van der Waals surface area contributed by atoms with Crippen LogP contribution in [0.1, 0.15) is 27.2 Å². The highest BCUT2D eigenvalue weighted by atomic mass is 16.1. The van der Waals surface area contributed by atoms with Crippen molar-refractivity contribution in [3.63, 3.8) is 0 Å². The number of Topliss-reactive ketones (excluding diaryl/α,β-unsaturated/α-hetero) is 1. The minimum Gasteiger partial charge on any atom is -0.327 e. The zero-order valence-corrected chi connectivity index (χ0v) is 6.35. The fourth-order valence-corrected chi connectivity index (χ4v) is 0.568. The average molecular weight is 129 g/mol. The lowest BCUT2D eigenvalue weighted by Gasteiger charge is -2.12. The zero-order chi connectivity index (χ0) is 7.44. The summed E-state index contributed by atoms with van der Waals surface area (Å²) in [6, 6.07) is 0.0440. The molecule has 0 aromatic rings. The quantitative estimate of drug-likeness (QED) is 0.616. The van der Waals surface area contributed by atoms with Crippen LogP contribution < -0.4 is 5.73 Å². The van der Waals surface area contributed by atoms with Gasteiger partial charge in [-0.25, -0.2) is 0 Å². The van der Waals surface area contributed by atoms with E-state index in [1.807, 2.05) is 13.8 Å². The summed E-state index contributed by atoms with van der Waals surface area (Å²) in [7, 11) is 0. The molecule has 54 valence electrons. The molecule has 2 heteroatoms. The van der Waals surface area contributed by atoms with Gasteiger partial charge in [-0.05, 0) is 12.8 Å². The van der Waals surface area contributed by atoms with Crippen LogP contribution in [0.4, 0.5) is 0 Å². The van der Waals surface area contributed by atoms with Gasteiger partial charge < -0.3 is 5.73 Å². The molecule has 0 aromatic carbocycles. The first-order chi connectivity index (χ1) is 4.04. The Kier molecular flexibility index (Phi) is 3.47. The van der Waals surface area contributed by atoms with Gasteiger partial charge in [-0.1, -0.05) is 13.8 Å². The normalized spacial score (nSPS) is 13.9. The monoisotopic (exact) mass is 129 g/mol. The maximum absolute atomic E-state index is 10.5. The van der Waals surface area contributed by atoms with Crippen LogP contribution in [0.5, 0.6) is 0 Å². The lowest BCUT2D eigenvalue weighted by molar-refractivity contribution is -0.117. The van der Waals surface area contributed by atoms with Gasteiger partial charge in [-0.3, -0.25) is 4.79 Å². The van der Waals surface area contributed by atoms with E-state index in [9.17, 15) is 4.79 Å².